The van der Waals surface area contributed by atoms with Gasteiger partial charge in [0, 0.05) is 48.6 Å². The maximum absolute atomic E-state index is 12.3. The van der Waals surface area contributed by atoms with Crippen molar-refractivity contribution in [2.75, 3.05) is 45.1 Å². The van der Waals surface area contributed by atoms with Crippen LogP contribution in [0.2, 0.25) is 0 Å². The van der Waals surface area contributed by atoms with Gasteiger partial charge in [-0.15, -0.1) is 0 Å². The minimum atomic E-state index is -1.30. The molecule has 1 aliphatic rings. The second-order valence-electron chi connectivity index (χ2n) is 8.95. The second-order valence-corrected chi connectivity index (χ2v) is 8.95. The van der Waals surface area contributed by atoms with Gasteiger partial charge in [-0.1, -0.05) is 19.3 Å². The Hall–Kier alpha value is -4.19. The molecular formula is C29H35N5O5. The number of anilines is 1. The summed E-state index contributed by atoms with van der Waals surface area (Å²) >= 11 is 0. The van der Waals surface area contributed by atoms with Gasteiger partial charge in [0.1, 0.15) is 6.04 Å². The number of hydroxylamine groups is 1. The summed E-state index contributed by atoms with van der Waals surface area (Å²) in [6.07, 6.45) is -1.20. The van der Waals surface area contributed by atoms with Gasteiger partial charge in [0.15, 0.2) is 0 Å². The molecule has 1 heterocycles. The third-order valence-electron chi connectivity index (χ3n) is 5.92. The molecule has 10 heteroatoms. The number of rotatable bonds is 7. The fourth-order valence-electron chi connectivity index (χ4n) is 3.66. The van der Waals surface area contributed by atoms with E-state index in [-0.39, 0.29) is 18.9 Å². The summed E-state index contributed by atoms with van der Waals surface area (Å²) in [6.45, 7) is 5.39. The van der Waals surface area contributed by atoms with Crippen molar-refractivity contribution in [1.29, 1.82) is 0 Å². The molecule has 1 aliphatic heterocycles. The molecule has 2 atom stereocenters. The Morgan fingerprint density at radius 3 is 1.97 bits per heavy atom. The lowest BCUT2D eigenvalue weighted by Gasteiger charge is -2.31. The zero-order chi connectivity index (χ0) is 27.5. The SMILES string of the molecule is C.C[C@@H](O)[C@H](NC(=O)c1ccc(C#CC#Cc2ccc(NC(=O)CN3CCN(C)CC3)cc2)cc1)C(=O)NO. The summed E-state index contributed by atoms with van der Waals surface area (Å²) in [5.74, 6) is 9.83. The van der Waals surface area contributed by atoms with Crippen molar-refractivity contribution >= 4 is 23.4 Å². The number of aliphatic hydroxyl groups excluding tert-OH is 1. The molecule has 10 nitrogen and oxygen atoms in total. The predicted molar refractivity (Wildman–Crippen MR) is 149 cm³/mol. The first-order valence-corrected chi connectivity index (χ1v) is 12.1. The molecule has 1 saturated heterocycles. The molecule has 3 rings (SSSR count). The molecule has 0 saturated carbocycles. The maximum atomic E-state index is 12.3. The van der Waals surface area contributed by atoms with Crippen LogP contribution in [0.4, 0.5) is 5.69 Å². The van der Waals surface area contributed by atoms with Crippen molar-refractivity contribution in [2.24, 2.45) is 0 Å². The van der Waals surface area contributed by atoms with Crippen LogP contribution in [0.15, 0.2) is 48.5 Å². The lowest BCUT2D eigenvalue weighted by atomic mass is 10.1. The molecule has 0 bridgehead atoms. The number of hydrogen-bond acceptors (Lipinski definition) is 7. The molecule has 0 spiro atoms. The Morgan fingerprint density at radius 2 is 1.46 bits per heavy atom. The Bertz CT molecular complexity index is 1250. The first-order chi connectivity index (χ1) is 18.2. The Labute approximate surface area is 229 Å². The number of benzene rings is 2. The van der Waals surface area contributed by atoms with Crippen molar-refractivity contribution < 1.29 is 24.7 Å². The summed E-state index contributed by atoms with van der Waals surface area (Å²) in [5.41, 5.74) is 3.77. The summed E-state index contributed by atoms with van der Waals surface area (Å²) in [6, 6.07) is 12.2. The van der Waals surface area contributed by atoms with Gasteiger partial charge < -0.3 is 20.6 Å². The van der Waals surface area contributed by atoms with E-state index in [4.69, 9.17) is 5.21 Å². The zero-order valence-electron chi connectivity index (χ0n) is 21.3. The van der Waals surface area contributed by atoms with Gasteiger partial charge in [-0.05, 0) is 74.3 Å². The largest absolute Gasteiger partial charge is 0.391 e. The third-order valence-corrected chi connectivity index (χ3v) is 5.92. The highest BCUT2D eigenvalue weighted by Gasteiger charge is 2.25. The van der Waals surface area contributed by atoms with Gasteiger partial charge in [-0.2, -0.15) is 0 Å². The molecule has 0 aromatic heterocycles. The van der Waals surface area contributed by atoms with Crippen molar-refractivity contribution in [3.05, 3.63) is 65.2 Å². The molecule has 5 N–H and O–H groups in total. The fraction of sp³-hybridized carbons (Fsp3) is 0.345. The maximum Gasteiger partial charge on any atom is 0.268 e. The van der Waals surface area contributed by atoms with Crippen LogP contribution in [0.25, 0.3) is 0 Å². The van der Waals surface area contributed by atoms with Crippen molar-refractivity contribution in [3.63, 3.8) is 0 Å². The number of carbonyl (C=O) groups excluding carboxylic acids is 3. The molecule has 2 aromatic rings. The zero-order valence-corrected chi connectivity index (χ0v) is 21.3. The van der Waals surface area contributed by atoms with Crippen LogP contribution in [0.1, 0.15) is 35.8 Å². The van der Waals surface area contributed by atoms with Crippen LogP contribution in [-0.4, -0.2) is 89.8 Å². The van der Waals surface area contributed by atoms with Gasteiger partial charge in [0.2, 0.25) is 5.91 Å². The number of amides is 3. The van der Waals surface area contributed by atoms with E-state index in [9.17, 15) is 19.5 Å². The molecule has 0 radical (unpaired) electrons. The van der Waals surface area contributed by atoms with Crippen LogP contribution in [0, 0.1) is 23.7 Å². The number of carbonyl (C=O) groups is 3. The Morgan fingerprint density at radius 1 is 0.923 bits per heavy atom. The fourth-order valence-corrected chi connectivity index (χ4v) is 3.66. The van der Waals surface area contributed by atoms with E-state index >= 15 is 0 Å². The molecule has 3 amide bonds. The molecule has 39 heavy (non-hydrogen) atoms. The highest BCUT2D eigenvalue weighted by molar-refractivity contribution is 5.97. The summed E-state index contributed by atoms with van der Waals surface area (Å²) in [5, 5.41) is 23.6. The molecule has 2 aromatic carbocycles. The van der Waals surface area contributed by atoms with Crippen LogP contribution in [-0.2, 0) is 9.59 Å². The minimum Gasteiger partial charge on any atom is -0.391 e. The van der Waals surface area contributed by atoms with Crippen LogP contribution >= 0.6 is 0 Å². The average molecular weight is 534 g/mol. The molecule has 0 aliphatic carbocycles. The highest BCUT2D eigenvalue weighted by Crippen LogP contribution is 2.09. The van der Waals surface area contributed by atoms with Crippen LogP contribution in [0.3, 0.4) is 0 Å². The van der Waals surface area contributed by atoms with E-state index in [1.165, 1.54) is 24.5 Å². The lowest BCUT2D eigenvalue weighted by molar-refractivity contribution is -0.133. The molecular weight excluding hydrogens is 498 g/mol. The average Bonchev–Trinajstić information content (AvgIpc) is 2.91. The quantitative estimate of drug-likeness (QED) is 0.203. The Balaban J connectivity index is 0.00000533. The normalized spacial score (nSPS) is 14.7. The molecule has 0 unspecified atom stereocenters. The summed E-state index contributed by atoms with van der Waals surface area (Å²) < 4.78 is 0. The van der Waals surface area contributed by atoms with E-state index in [2.05, 4.69) is 51.2 Å². The topological polar surface area (TPSA) is 134 Å². The Kier molecular flexibility index (Phi) is 12.2. The van der Waals surface area contributed by atoms with E-state index in [0.29, 0.717) is 17.8 Å². The molecule has 206 valence electrons. The van der Waals surface area contributed by atoms with E-state index in [1.807, 2.05) is 12.1 Å². The van der Waals surface area contributed by atoms with Gasteiger partial charge in [0.25, 0.3) is 11.8 Å². The van der Waals surface area contributed by atoms with Crippen molar-refractivity contribution in [3.8, 4) is 23.7 Å². The number of hydrogen-bond donors (Lipinski definition) is 5. The number of nitrogens with zero attached hydrogens (tertiary/aromatic N) is 2. The predicted octanol–water partition coefficient (Wildman–Crippen LogP) is 0.896. The summed E-state index contributed by atoms with van der Waals surface area (Å²) in [7, 11) is 2.08. The first-order valence-electron chi connectivity index (χ1n) is 12.1. The van der Waals surface area contributed by atoms with Crippen LogP contribution in [0.5, 0.6) is 0 Å². The monoisotopic (exact) mass is 533 g/mol. The van der Waals surface area contributed by atoms with Gasteiger partial charge in [-0.25, -0.2) is 5.48 Å². The lowest BCUT2D eigenvalue weighted by Crippen LogP contribution is -2.51. The first kappa shape index (κ1) is 31.0. The van der Waals surface area contributed by atoms with Crippen molar-refractivity contribution in [2.45, 2.75) is 26.5 Å². The number of aliphatic hydroxyl groups is 1. The summed E-state index contributed by atoms with van der Waals surface area (Å²) in [4.78, 5) is 40.6. The van der Waals surface area contributed by atoms with Gasteiger partial charge in [-0.3, -0.25) is 24.5 Å². The number of piperazine rings is 1. The third kappa shape index (κ3) is 9.89. The van der Waals surface area contributed by atoms with Gasteiger partial charge in [0.05, 0.1) is 12.6 Å². The van der Waals surface area contributed by atoms with E-state index in [0.717, 1.165) is 31.7 Å². The highest BCUT2D eigenvalue weighted by atomic mass is 16.5. The second kappa shape index (κ2) is 15.3. The van der Waals surface area contributed by atoms with E-state index in [1.54, 1.807) is 24.3 Å². The van der Waals surface area contributed by atoms with Crippen LogP contribution < -0.4 is 16.1 Å². The smallest absolute Gasteiger partial charge is 0.268 e. The molecule has 1 fully saturated rings. The standard InChI is InChI=1S/C28H31N5O5.CH4/c1-20(34)26(28(37)31-38)30-27(36)23-11-7-21(8-12-23)5-3-4-6-22-9-13-24(14-10-22)29-25(35)19-33-17-15-32(2)16-18-33;/h7-14,20,26,34,38H,15-19H2,1-2H3,(H,29,35)(H,30,36)(H,31,37);1H4/t20-,26+;/m1./s1. The number of likely N-dealkylation sites (N-methyl/N-ethyl adjacent to an activating group) is 1. The number of nitrogens with one attached hydrogen (secondary N) is 3. The van der Waals surface area contributed by atoms with E-state index < -0.39 is 24.0 Å². The minimum absolute atomic E-state index is 0. The van der Waals surface area contributed by atoms with Gasteiger partial charge >= 0.3 is 0 Å². The van der Waals surface area contributed by atoms with Crippen molar-refractivity contribution in [1.82, 2.24) is 20.6 Å².